The zero-order valence-corrected chi connectivity index (χ0v) is 12.8. The summed E-state index contributed by atoms with van der Waals surface area (Å²) in [6, 6.07) is 11.0. The molecule has 1 N–H and O–H groups in total. The first-order valence-corrected chi connectivity index (χ1v) is 7.27. The molecule has 0 amide bonds. The lowest BCUT2D eigenvalue weighted by molar-refractivity contribution is 0.0699. The van der Waals surface area contributed by atoms with Gasteiger partial charge in [-0.15, -0.1) is 5.10 Å². The van der Waals surface area contributed by atoms with Gasteiger partial charge in [-0.05, 0) is 42.3 Å². The van der Waals surface area contributed by atoms with Crippen LogP contribution in [0.5, 0.6) is 0 Å². The van der Waals surface area contributed by atoms with Crippen LogP contribution in [-0.2, 0) is 6.42 Å². The fourth-order valence-corrected chi connectivity index (χ4v) is 2.75. The van der Waals surface area contributed by atoms with Crippen LogP contribution in [0.15, 0.2) is 40.9 Å². The first kappa shape index (κ1) is 13.8. The monoisotopic (exact) mass is 345 g/mol. The minimum Gasteiger partial charge on any atom is -0.478 e. The summed E-state index contributed by atoms with van der Waals surface area (Å²) in [5, 5.41) is 17.4. The van der Waals surface area contributed by atoms with Gasteiger partial charge in [-0.3, -0.25) is 0 Å². The minimum absolute atomic E-state index is 0.161. The Morgan fingerprint density at radius 3 is 2.86 bits per heavy atom. The molecule has 0 unspecified atom stereocenters. The topological polar surface area (TPSA) is 68.0 Å². The van der Waals surface area contributed by atoms with Crippen LogP contribution in [0.1, 0.15) is 22.8 Å². The van der Waals surface area contributed by atoms with Crippen LogP contribution in [0.3, 0.4) is 0 Å². The Morgan fingerprint density at radius 2 is 2.14 bits per heavy atom. The van der Waals surface area contributed by atoms with E-state index >= 15 is 0 Å². The van der Waals surface area contributed by atoms with Crippen molar-refractivity contribution in [2.45, 2.75) is 13.3 Å². The van der Waals surface area contributed by atoms with E-state index in [1.54, 1.807) is 10.7 Å². The van der Waals surface area contributed by atoms with E-state index in [1.807, 2.05) is 24.3 Å². The largest absolute Gasteiger partial charge is 0.478 e. The predicted molar refractivity (Wildman–Crippen MR) is 82.9 cm³/mol. The molecule has 2 aromatic carbocycles. The normalized spacial score (nSPS) is 11.0. The summed E-state index contributed by atoms with van der Waals surface area (Å²) in [5.41, 5.74) is 3.26. The number of carboxylic acids is 1. The molecule has 0 radical (unpaired) electrons. The number of hydrogen-bond acceptors (Lipinski definition) is 3. The molecule has 0 aliphatic carbocycles. The van der Waals surface area contributed by atoms with Gasteiger partial charge in [0.1, 0.15) is 5.52 Å². The molecular formula is C15H12BrN3O2. The van der Waals surface area contributed by atoms with Gasteiger partial charge < -0.3 is 5.11 Å². The number of benzene rings is 2. The lowest BCUT2D eigenvalue weighted by Gasteiger charge is -2.09. The second kappa shape index (κ2) is 5.29. The average Bonchev–Trinajstić information content (AvgIpc) is 2.90. The van der Waals surface area contributed by atoms with Crippen LogP contribution in [0.25, 0.3) is 16.7 Å². The molecule has 0 aliphatic heterocycles. The summed E-state index contributed by atoms with van der Waals surface area (Å²) in [6.45, 7) is 2.06. The summed E-state index contributed by atoms with van der Waals surface area (Å²) >= 11 is 3.46. The summed E-state index contributed by atoms with van der Waals surface area (Å²) in [4.78, 5) is 11.2. The third-order valence-corrected chi connectivity index (χ3v) is 3.85. The molecule has 3 aromatic rings. The number of rotatable bonds is 3. The standard InChI is InChI=1S/C15H12BrN3O2/c1-2-9-8-10(16)6-7-12(9)19-13-5-3-4-11(15(20)21)14(13)17-18-19/h3-8H,2H2,1H3,(H,20,21). The van der Waals surface area contributed by atoms with Crippen molar-refractivity contribution in [1.82, 2.24) is 15.0 Å². The number of fused-ring (bicyclic) bond motifs is 1. The van der Waals surface area contributed by atoms with Crippen LogP contribution < -0.4 is 0 Å². The van der Waals surface area contributed by atoms with E-state index in [1.165, 1.54) is 6.07 Å². The Bertz CT molecular complexity index is 842. The summed E-state index contributed by atoms with van der Waals surface area (Å²) < 4.78 is 2.69. The minimum atomic E-state index is -1.00. The van der Waals surface area contributed by atoms with Crippen LogP contribution in [0, 0.1) is 0 Å². The molecule has 0 bridgehead atoms. The van der Waals surface area contributed by atoms with Gasteiger partial charge in [0, 0.05) is 4.47 Å². The van der Waals surface area contributed by atoms with E-state index in [9.17, 15) is 9.90 Å². The Balaban J connectivity index is 2.27. The zero-order valence-electron chi connectivity index (χ0n) is 11.2. The number of aromatic nitrogens is 3. The molecule has 0 spiro atoms. The highest BCUT2D eigenvalue weighted by Crippen LogP contribution is 2.24. The smallest absolute Gasteiger partial charge is 0.338 e. The quantitative estimate of drug-likeness (QED) is 0.789. The first-order chi connectivity index (χ1) is 10.1. The first-order valence-electron chi connectivity index (χ1n) is 6.48. The molecule has 0 saturated heterocycles. The highest BCUT2D eigenvalue weighted by molar-refractivity contribution is 9.10. The van der Waals surface area contributed by atoms with Gasteiger partial charge in [-0.1, -0.05) is 34.1 Å². The number of nitrogens with zero attached hydrogens (tertiary/aromatic N) is 3. The fraction of sp³-hybridized carbons (Fsp3) is 0.133. The molecule has 1 aromatic heterocycles. The molecule has 3 rings (SSSR count). The molecule has 21 heavy (non-hydrogen) atoms. The van der Waals surface area contributed by atoms with Crippen molar-refractivity contribution in [2.75, 3.05) is 0 Å². The van der Waals surface area contributed by atoms with Gasteiger partial charge in [-0.25, -0.2) is 9.48 Å². The highest BCUT2D eigenvalue weighted by Gasteiger charge is 2.15. The van der Waals surface area contributed by atoms with Crippen molar-refractivity contribution in [3.63, 3.8) is 0 Å². The fourth-order valence-electron chi connectivity index (χ4n) is 2.34. The maximum absolute atomic E-state index is 11.2. The van der Waals surface area contributed by atoms with Gasteiger partial charge >= 0.3 is 5.97 Å². The molecule has 6 heteroatoms. The lowest BCUT2D eigenvalue weighted by atomic mass is 10.1. The SMILES string of the molecule is CCc1cc(Br)ccc1-n1nnc2c(C(=O)O)cccc21. The Morgan fingerprint density at radius 1 is 1.33 bits per heavy atom. The summed E-state index contributed by atoms with van der Waals surface area (Å²) in [6.07, 6.45) is 0.842. The van der Waals surface area contributed by atoms with Gasteiger partial charge in [0.25, 0.3) is 0 Å². The lowest BCUT2D eigenvalue weighted by Crippen LogP contribution is -2.01. The molecule has 5 nitrogen and oxygen atoms in total. The van der Waals surface area contributed by atoms with Crippen LogP contribution in [0.2, 0.25) is 0 Å². The number of carbonyl (C=O) groups is 1. The number of aryl methyl sites for hydroxylation is 1. The summed E-state index contributed by atoms with van der Waals surface area (Å²) in [7, 11) is 0. The molecule has 0 atom stereocenters. The second-order valence-electron chi connectivity index (χ2n) is 4.61. The van der Waals surface area contributed by atoms with Crippen LogP contribution in [-0.4, -0.2) is 26.1 Å². The third kappa shape index (κ3) is 2.31. The van der Waals surface area contributed by atoms with Crippen LogP contribution >= 0.6 is 15.9 Å². The number of hydrogen-bond donors (Lipinski definition) is 1. The van der Waals surface area contributed by atoms with E-state index < -0.39 is 5.97 Å². The maximum atomic E-state index is 11.2. The van der Waals surface area contributed by atoms with E-state index in [-0.39, 0.29) is 5.56 Å². The molecule has 0 saturated carbocycles. The van der Waals surface area contributed by atoms with Crippen molar-refractivity contribution in [3.05, 3.63) is 52.0 Å². The third-order valence-electron chi connectivity index (χ3n) is 3.36. The van der Waals surface area contributed by atoms with Gasteiger partial charge in [0.2, 0.25) is 0 Å². The summed E-state index contributed by atoms with van der Waals surface area (Å²) in [5.74, 6) is -1.00. The van der Waals surface area contributed by atoms with Gasteiger partial charge in [0.15, 0.2) is 0 Å². The van der Waals surface area contributed by atoms with Crippen LogP contribution in [0.4, 0.5) is 0 Å². The van der Waals surface area contributed by atoms with Crippen molar-refractivity contribution < 1.29 is 9.90 Å². The molecule has 0 fully saturated rings. The predicted octanol–water partition coefficient (Wildman–Crippen LogP) is 3.44. The molecular weight excluding hydrogens is 334 g/mol. The molecule has 1 heterocycles. The van der Waals surface area contributed by atoms with E-state index in [2.05, 4.69) is 33.2 Å². The highest BCUT2D eigenvalue weighted by atomic mass is 79.9. The molecule has 0 aliphatic rings. The van der Waals surface area contributed by atoms with E-state index in [4.69, 9.17) is 0 Å². The van der Waals surface area contributed by atoms with Crippen molar-refractivity contribution in [3.8, 4) is 5.69 Å². The Kier molecular flexibility index (Phi) is 3.47. The van der Waals surface area contributed by atoms with Crippen molar-refractivity contribution in [1.29, 1.82) is 0 Å². The van der Waals surface area contributed by atoms with Crippen molar-refractivity contribution >= 4 is 32.9 Å². The zero-order chi connectivity index (χ0) is 15.0. The average molecular weight is 346 g/mol. The Labute approximate surface area is 129 Å². The van der Waals surface area contributed by atoms with Gasteiger partial charge in [0.05, 0.1) is 16.8 Å². The second-order valence-corrected chi connectivity index (χ2v) is 5.52. The Hall–Kier alpha value is -2.21. The van der Waals surface area contributed by atoms with Crippen molar-refractivity contribution in [2.24, 2.45) is 0 Å². The number of carboxylic acid groups (broad SMARTS) is 1. The maximum Gasteiger partial charge on any atom is 0.338 e. The van der Waals surface area contributed by atoms with E-state index in [0.717, 1.165) is 22.1 Å². The van der Waals surface area contributed by atoms with E-state index in [0.29, 0.717) is 11.0 Å². The van der Waals surface area contributed by atoms with Gasteiger partial charge in [-0.2, -0.15) is 0 Å². The number of aromatic carboxylic acids is 1. The molecule has 106 valence electrons. The number of halogens is 1.